The van der Waals surface area contributed by atoms with Crippen molar-refractivity contribution in [3.63, 3.8) is 0 Å². The van der Waals surface area contributed by atoms with Crippen molar-refractivity contribution >= 4 is 9.84 Å². The van der Waals surface area contributed by atoms with E-state index in [1.807, 2.05) is 0 Å². The van der Waals surface area contributed by atoms with E-state index in [2.05, 4.69) is 26.1 Å². The molecule has 0 aliphatic rings. The number of hydrogen-bond donors (Lipinski definition) is 1. The summed E-state index contributed by atoms with van der Waals surface area (Å²) in [5.74, 6) is 0.875. The van der Waals surface area contributed by atoms with Gasteiger partial charge in [0, 0.05) is 18.1 Å². The Bertz CT molecular complexity index is 262. The van der Waals surface area contributed by atoms with Crippen molar-refractivity contribution < 1.29 is 8.42 Å². The minimum Gasteiger partial charge on any atom is -0.314 e. The van der Waals surface area contributed by atoms with Crippen LogP contribution >= 0.6 is 0 Å². The first-order valence-electron chi connectivity index (χ1n) is 6.31. The molecule has 0 aromatic carbocycles. The molecule has 0 rings (SSSR count). The minimum absolute atomic E-state index is 0.321. The lowest BCUT2D eigenvalue weighted by atomic mass is 9.95. The van der Waals surface area contributed by atoms with Crippen LogP contribution in [0.25, 0.3) is 0 Å². The van der Waals surface area contributed by atoms with Crippen LogP contribution in [-0.2, 0) is 9.84 Å². The van der Waals surface area contributed by atoms with Gasteiger partial charge in [-0.15, -0.1) is 0 Å². The van der Waals surface area contributed by atoms with Gasteiger partial charge in [0.1, 0.15) is 9.84 Å². The molecule has 1 N–H and O–H groups in total. The minimum atomic E-state index is -2.79. The zero-order valence-corrected chi connectivity index (χ0v) is 11.9. The summed E-state index contributed by atoms with van der Waals surface area (Å²) in [4.78, 5) is 0. The third kappa shape index (κ3) is 8.11. The van der Waals surface area contributed by atoms with Gasteiger partial charge in [0.2, 0.25) is 0 Å². The smallest absolute Gasteiger partial charge is 0.147 e. The molecule has 2 unspecified atom stereocenters. The van der Waals surface area contributed by atoms with Gasteiger partial charge in [0.05, 0.1) is 0 Å². The van der Waals surface area contributed by atoms with Gasteiger partial charge in [-0.1, -0.05) is 20.8 Å². The van der Waals surface area contributed by atoms with Crippen molar-refractivity contribution in [3.05, 3.63) is 0 Å². The van der Waals surface area contributed by atoms with E-state index in [1.54, 1.807) is 0 Å². The Labute approximate surface area is 101 Å². The second-order valence-electron chi connectivity index (χ2n) is 4.72. The maximum atomic E-state index is 11.0. The molecule has 0 saturated heterocycles. The molecule has 0 aromatic rings. The summed E-state index contributed by atoms with van der Waals surface area (Å²) in [6.07, 6.45) is 5.34. The Morgan fingerprint density at radius 2 is 1.88 bits per heavy atom. The maximum Gasteiger partial charge on any atom is 0.147 e. The third-order valence-corrected chi connectivity index (χ3v) is 3.99. The van der Waals surface area contributed by atoms with Gasteiger partial charge in [-0.3, -0.25) is 0 Å². The molecule has 16 heavy (non-hydrogen) atoms. The van der Waals surface area contributed by atoms with E-state index in [-0.39, 0.29) is 0 Å². The highest BCUT2D eigenvalue weighted by Gasteiger charge is 2.14. The molecule has 0 saturated carbocycles. The van der Waals surface area contributed by atoms with Gasteiger partial charge in [-0.2, -0.15) is 0 Å². The van der Waals surface area contributed by atoms with Crippen LogP contribution in [0.1, 0.15) is 46.5 Å². The number of hydrogen-bond acceptors (Lipinski definition) is 3. The lowest BCUT2D eigenvalue weighted by molar-refractivity contribution is 0.346. The molecule has 0 spiro atoms. The molecule has 3 nitrogen and oxygen atoms in total. The van der Waals surface area contributed by atoms with E-state index in [0.29, 0.717) is 17.7 Å². The SMILES string of the molecule is CCCNC(CC)C(C)CCCS(C)(=O)=O. The molecule has 0 aromatic heterocycles. The Hall–Kier alpha value is -0.0900. The van der Waals surface area contributed by atoms with E-state index in [4.69, 9.17) is 0 Å². The summed E-state index contributed by atoms with van der Waals surface area (Å²) < 4.78 is 22.0. The third-order valence-electron chi connectivity index (χ3n) is 2.96. The molecule has 0 fully saturated rings. The first kappa shape index (κ1) is 15.9. The van der Waals surface area contributed by atoms with Crippen molar-refractivity contribution in [2.24, 2.45) is 5.92 Å². The summed E-state index contributed by atoms with van der Waals surface area (Å²) in [6.45, 7) is 7.60. The molecule has 0 aliphatic heterocycles. The van der Waals surface area contributed by atoms with Crippen LogP contribution in [0.3, 0.4) is 0 Å². The van der Waals surface area contributed by atoms with E-state index in [9.17, 15) is 8.42 Å². The van der Waals surface area contributed by atoms with Gasteiger partial charge < -0.3 is 5.32 Å². The van der Waals surface area contributed by atoms with Gasteiger partial charge in [-0.25, -0.2) is 8.42 Å². The van der Waals surface area contributed by atoms with Crippen LogP contribution in [0.5, 0.6) is 0 Å². The van der Waals surface area contributed by atoms with Crippen LogP contribution in [0.2, 0.25) is 0 Å². The molecule has 2 atom stereocenters. The van der Waals surface area contributed by atoms with Gasteiger partial charge in [-0.05, 0) is 38.1 Å². The highest BCUT2D eigenvalue weighted by atomic mass is 32.2. The van der Waals surface area contributed by atoms with Crippen LogP contribution in [-0.4, -0.2) is 33.0 Å². The Morgan fingerprint density at radius 3 is 2.31 bits per heavy atom. The topological polar surface area (TPSA) is 46.2 Å². The van der Waals surface area contributed by atoms with Crippen LogP contribution < -0.4 is 5.32 Å². The highest BCUT2D eigenvalue weighted by Crippen LogP contribution is 2.14. The van der Waals surface area contributed by atoms with Crippen molar-refractivity contribution in [1.82, 2.24) is 5.32 Å². The van der Waals surface area contributed by atoms with Gasteiger partial charge >= 0.3 is 0 Å². The van der Waals surface area contributed by atoms with Gasteiger partial charge in [0.15, 0.2) is 0 Å². The molecule has 0 amide bonds. The summed E-state index contributed by atoms with van der Waals surface area (Å²) >= 11 is 0. The van der Waals surface area contributed by atoms with E-state index in [0.717, 1.165) is 32.2 Å². The van der Waals surface area contributed by atoms with Crippen molar-refractivity contribution in [1.29, 1.82) is 0 Å². The van der Waals surface area contributed by atoms with E-state index < -0.39 is 9.84 Å². The molecule has 0 heterocycles. The average Bonchev–Trinajstić information content (AvgIpc) is 2.17. The molecule has 0 radical (unpaired) electrons. The van der Waals surface area contributed by atoms with Crippen molar-refractivity contribution in [2.75, 3.05) is 18.6 Å². The fourth-order valence-corrected chi connectivity index (χ4v) is 2.64. The van der Waals surface area contributed by atoms with Gasteiger partial charge in [0.25, 0.3) is 0 Å². The molecule has 4 heteroatoms. The standard InChI is InChI=1S/C12H27NO2S/c1-5-9-13-12(6-2)11(3)8-7-10-16(4,14)15/h11-13H,5-10H2,1-4H3. The summed E-state index contributed by atoms with van der Waals surface area (Å²) in [7, 11) is -2.79. The zero-order chi connectivity index (χ0) is 12.6. The molecular weight excluding hydrogens is 222 g/mol. The van der Waals surface area contributed by atoms with Crippen molar-refractivity contribution in [3.8, 4) is 0 Å². The molecule has 0 bridgehead atoms. The second-order valence-corrected chi connectivity index (χ2v) is 6.98. The number of sulfone groups is 1. The predicted molar refractivity (Wildman–Crippen MR) is 70.5 cm³/mol. The molecular formula is C12H27NO2S. The second kappa shape index (κ2) is 8.07. The molecule has 0 aliphatic carbocycles. The summed E-state index contributed by atoms with van der Waals surface area (Å²) in [6, 6.07) is 0.527. The lowest BCUT2D eigenvalue weighted by Gasteiger charge is -2.23. The first-order valence-corrected chi connectivity index (χ1v) is 8.37. The maximum absolute atomic E-state index is 11.0. The van der Waals surface area contributed by atoms with E-state index >= 15 is 0 Å². The summed E-state index contributed by atoms with van der Waals surface area (Å²) in [5, 5.41) is 3.52. The van der Waals surface area contributed by atoms with Crippen molar-refractivity contribution in [2.45, 2.75) is 52.5 Å². The average molecular weight is 249 g/mol. The van der Waals surface area contributed by atoms with Crippen LogP contribution in [0.4, 0.5) is 0 Å². The summed E-state index contributed by atoms with van der Waals surface area (Å²) in [5.41, 5.74) is 0. The quantitative estimate of drug-likeness (QED) is 0.681. The van der Waals surface area contributed by atoms with Crippen LogP contribution in [0.15, 0.2) is 0 Å². The Balaban J connectivity index is 3.87. The molecule has 98 valence electrons. The normalized spacial score (nSPS) is 16.0. The Kier molecular flexibility index (Phi) is 8.02. The number of nitrogens with one attached hydrogen (secondary N) is 1. The van der Waals surface area contributed by atoms with Crippen LogP contribution in [0, 0.1) is 5.92 Å². The zero-order valence-electron chi connectivity index (χ0n) is 11.1. The van der Waals surface area contributed by atoms with E-state index in [1.165, 1.54) is 6.26 Å². The highest BCUT2D eigenvalue weighted by molar-refractivity contribution is 7.90. The number of rotatable bonds is 9. The fourth-order valence-electron chi connectivity index (χ4n) is 1.95. The fraction of sp³-hybridized carbons (Fsp3) is 1.00. The monoisotopic (exact) mass is 249 g/mol. The lowest BCUT2D eigenvalue weighted by Crippen LogP contribution is -2.35. The Morgan fingerprint density at radius 1 is 1.25 bits per heavy atom. The predicted octanol–water partition coefficient (Wildman–Crippen LogP) is 2.23. The first-order chi connectivity index (χ1) is 7.40. The largest absolute Gasteiger partial charge is 0.314 e.